The first-order valence-corrected chi connectivity index (χ1v) is 6.91. The highest BCUT2D eigenvalue weighted by molar-refractivity contribution is 5.83. The van der Waals surface area contributed by atoms with E-state index < -0.39 is 5.60 Å². The summed E-state index contributed by atoms with van der Waals surface area (Å²) in [5.41, 5.74) is -0.471. The Bertz CT molecular complexity index is 345. The lowest BCUT2D eigenvalue weighted by molar-refractivity contribution is -0.123. The molecule has 0 aromatic rings. The predicted octanol–water partition coefficient (Wildman–Crippen LogP) is 2.76. The third-order valence-corrected chi connectivity index (χ3v) is 3.74. The summed E-state index contributed by atoms with van der Waals surface area (Å²) < 4.78 is 5.45. The van der Waals surface area contributed by atoms with Crippen molar-refractivity contribution in [2.75, 3.05) is 6.54 Å². The van der Waals surface area contributed by atoms with Gasteiger partial charge in [0.25, 0.3) is 0 Å². The topological polar surface area (TPSA) is 46.6 Å². The maximum absolute atomic E-state index is 12.2. The van der Waals surface area contributed by atoms with Crippen LogP contribution in [0, 0.1) is 5.92 Å². The van der Waals surface area contributed by atoms with Crippen LogP contribution in [0.3, 0.4) is 0 Å². The molecule has 102 valence electrons. The van der Waals surface area contributed by atoms with Gasteiger partial charge in [-0.1, -0.05) is 6.42 Å². The molecule has 2 rings (SSSR count). The highest BCUT2D eigenvalue weighted by atomic mass is 16.6. The lowest BCUT2D eigenvalue weighted by Gasteiger charge is -2.32. The Labute approximate surface area is 109 Å². The van der Waals surface area contributed by atoms with Crippen LogP contribution in [0.5, 0.6) is 0 Å². The third-order valence-electron chi connectivity index (χ3n) is 3.74. The number of amides is 1. The van der Waals surface area contributed by atoms with Crippen LogP contribution < -0.4 is 0 Å². The summed E-state index contributed by atoms with van der Waals surface area (Å²) in [5, 5.41) is 0. The van der Waals surface area contributed by atoms with Gasteiger partial charge in [-0.2, -0.15) is 0 Å². The quantitative estimate of drug-likeness (QED) is 0.667. The molecule has 0 radical (unpaired) electrons. The van der Waals surface area contributed by atoms with E-state index in [9.17, 15) is 9.59 Å². The number of carbonyl (C=O) groups is 2. The smallest absolute Gasteiger partial charge is 0.410 e. The van der Waals surface area contributed by atoms with E-state index in [1.165, 1.54) is 0 Å². The number of nitrogens with zero attached hydrogens (tertiary/aromatic N) is 1. The molecule has 0 N–H and O–H groups in total. The van der Waals surface area contributed by atoms with Crippen molar-refractivity contribution in [2.24, 2.45) is 5.92 Å². The fraction of sp³-hybridized carbons (Fsp3) is 0.857. The summed E-state index contributed by atoms with van der Waals surface area (Å²) >= 11 is 0. The zero-order chi connectivity index (χ0) is 13.3. The highest BCUT2D eigenvalue weighted by Gasteiger charge is 2.41. The maximum atomic E-state index is 12.2. The molecule has 0 aromatic carbocycles. The van der Waals surface area contributed by atoms with E-state index in [0.29, 0.717) is 18.7 Å². The second kappa shape index (κ2) is 4.90. The summed E-state index contributed by atoms with van der Waals surface area (Å²) in [5.74, 6) is 0.392. The van der Waals surface area contributed by atoms with Gasteiger partial charge in [0, 0.05) is 24.9 Å². The van der Waals surface area contributed by atoms with Crippen LogP contribution in [-0.4, -0.2) is 35.0 Å². The van der Waals surface area contributed by atoms with Crippen molar-refractivity contribution in [3.63, 3.8) is 0 Å². The molecule has 18 heavy (non-hydrogen) atoms. The Morgan fingerprint density at radius 1 is 1.28 bits per heavy atom. The maximum Gasteiger partial charge on any atom is 0.410 e. The molecule has 1 saturated heterocycles. The van der Waals surface area contributed by atoms with Gasteiger partial charge in [0.15, 0.2) is 0 Å². The third kappa shape index (κ3) is 2.85. The molecule has 4 heteroatoms. The average molecular weight is 253 g/mol. The summed E-state index contributed by atoms with van der Waals surface area (Å²) in [6.07, 6.45) is 4.04. The molecule has 1 heterocycles. The van der Waals surface area contributed by atoms with Gasteiger partial charge in [-0.25, -0.2) is 4.79 Å². The normalized spacial score (nSPS) is 28.8. The minimum Gasteiger partial charge on any atom is -0.444 e. The Balaban J connectivity index is 2.11. The Morgan fingerprint density at radius 3 is 2.67 bits per heavy atom. The van der Waals surface area contributed by atoms with E-state index in [4.69, 9.17) is 4.74 Å². The SMILES string of the molecule is CC(C)(C)OC(=O)N1CCCC(=O)C2CCCC21. The van der Waals surface area contributed by atoms with Crippen LogP contribution in [0.1, 0.15) is 52.9 Å². The molecule has 0 aromatic heterocycles. The van der Waals surface area contributed by atoms with Crippen molar-refractivity contribution in [1.82, 2.24) is 4.90 Å². The van der Waals surface area contributed by atoms with Crippen molar-refractivity contribution >= 4 is 11.9 Å². The van der Waals surface area contributed by atoms with Crippen LogP contribution in [0.15, 0.2) is 0 Å². The summed E-state index contributed by atoms with van der Waals surface area (Å²) in [6.45, 7) is 6.28. The van der Waals surface area contributed by atoms with Crippen LogP contribution in [-0.2, 0) is 9.53 Å². The number of hydrogen-bond acceptors (Lipinski definition) is 3. The largest absolute Gasteiger partial charge is 0.444 e. The van der Waals surface area contributed by atoms with E-state index in [-0.39, 0.29) is 18.1 Å². The van der Waals surface area contributed by atoms with E-state index in [2.05, 4.69) is 0 Å². The number of carbonyl (C=O) groups excluding carboxylic acids is 2. The second-order valence-electron chi connectivity index (χ2n) is 6.35. The molecule has 2 unspecified atom stereocenters. The van der Waals surface area contributed by atoms with Crippen molar-refractivity contribution in [2.45, 2.75) is 64.5 Å². The highest BCUT2D eigenvalue weighted by Crippen LogP contribution is 2.34. The monoisotopic (exact) mass is 253 g/mol. The van der Waals surface area contributed by atoms with Crippen LogP contribution in [0.2, 0.25) is 0 Å². The Kier molecular flexibility index (Phi) is 3.64. The van der Waals surface area contributed by atoms with Gasteiger partial charge in [0.2, 0.25) is 0 Å². The minimum absolute atomic E-state index is 0.0556. The number of hydrogen-bond donors (Lipinski definition) is 0. The number of rotatable bonds is 0. The van der Waals surface area contributed by atoms with Gasteiger partial charge in [-0.3, -0.25) is 4.79 Å². The van der Waals surface area contributed by atoms with Gasteiger partial charge in [-0.15, -0.1) is 0 Å². The van der Waals surface area contributed by atoms with Gasteiger partial charge in [0.1, 0.15) is 11.4 Å². The first-order valence-electron chi connectivity index (χ1n) is 6.91. The summed E-state index contributed by atoms with van der Waals surface area (Å²) in [4.78, 5) is 26.0. The van der Waals surface area contributed by atoms with E-state index >= 15 is 0 Å². The number of Topliss-reactive ketones (excluding diaryl/α,β-unsaturated/α-hetero) is 1. The fourth-order valence-corrected chi connectivity index (χ4v) is 3.01. The number of ether oxygens (including phenoxy) is 1. The Hall–Kier alpha value is -1.06. The predicted molar refractivity (Wildman–Crippen MR) is 68.3 cm³/mol. The molecular weight excluding hydrogens is 230 g/mol. The van der Waals surface area contributed by atoms with Crippen molar-refractivity contribution in [3.8, 4) is 0 Å². The van der Waals surface area contributed by atoms with Gasteiger partial charge >= 0.3 is 6.09 Å². The summed E-state index contributed by atoms with van der Waals surface area (Å²) in [7, 11) is 0. The molecule has 2 aliphatic rings. The molecule has 1 amide bonds. The fourth-order valence-electron chi connectivity index (χ4n) is 3.01. The Morgan fingerprint density at radius 2 is 2.00 bits per heavy atom. The zero-order valence-electron chi connectivity index (χ0n) is 11.6. The van der Waals surface area contributed by atoms with E-state index in [1.54, 1.807) is 4.90 Å². The zero-order valence-corrected chi connectivity index (χ0v) is 11.6. The molecule has 4 nitrogen and oxygen atoms in total. The summed E-state index contributed by atoms with van der Waals surface area (Å²) in [6, 6.07) is 0.0786. The number of ketones is 1. The standard InChI is InChI=1S/C14H23NO3/c1-14(2,3)18-13(17)15-9-5-8-12(16)10-6-4-7-11(10)15/h10-11H,4-9H2,1-3H3. The first-order chi connectivity index (χ1) is 8.38. The molecule has 0 spiro atoms. The van der Waals surface area contributed by atoms with Crippen molar-refractivity contribution in [3.05, 3.63) is 0 Å². The van der Waals surface area contributed by atoms with Crippen molar-refractivity contribution < 1.29 is 14.3 Å². The van der Waals surface area contributed by atoms with Crippen LogP contribution in [0.25, 0.3) is 0 Å². The van der Waals surface area contributed by atoms with E-state index in [0.717, 1.165) is 25.7 Å². The van der Waals surface area contributed by atoms with Crippen LogP contribution in [0.4, 0.5) is 4.79 Å². The molecule has 1 aliphatic heterocycles. The van der Waals surface area contributed by atoms with E-state index in [1.807, 2.05) is 20.8 Å². The van der Waals surface area contributed by atoms with Gasteiger partial charge in [-0.05, 0) is 40.0 Å². The first kappa shape index (κ1) is 13.4. The minimum atomic E-state index is -0.471. The van der Waals surface area contributed by atoms with Gasteiger partial charge < -0.3 is 9.64 Å². The number of fused-ring (bicyclic) bond motifs is 1. The van der Waals surface area contributed by atoms with Crippen LogP contribution >= 0.6 is 0 Å². The molecule has 2 atom stereocenters. The molecule has 1 saturated carbocycles. The average Bonchev–Trinajstić information content (AvgIpc) is 2.64. The number of likely N-dealkylation sites (tertiary alicyclic amines) is 1. The molecular formula is C14H23NO3. The van der Waals surface area contributed by atoms with Crippen molar-refractivity contribution in [1.29, 1.82) is 0 Å². The lowest BCUT2D eigenvalue weighted by atomic mass is 9.97. The second-order valence-corrected chi connectivity index (χ2v) is 6.35. The molecule has 0 bridgehead atoms. The lowest BCUT2D eigenvalue weighted by Crippen LogP contribution is -2.45. The van der Waals surface area contributed by atoms with Gasteiger partial charge in [0.05, 0.1) is 0 Å². The molecule has 1 aliphatic carbocycles. The molecule has 2 fully saturated rings.